The third-order valence-corrected chi connectivity index (χ3v) is 2.97. The van der Waals surface area contributed by atoms with E-state index < -0.39 is 5.97 Å². The van der Waals surface area contributed by atoms with Crippen molar-refractivity contribution in [1.82, 2.24) is 15.0 Å². The number of hydrogen-bond donors (Lipinski definition) is 1. The Balaban J connectivity index is 1.96. The van der Waals surface area contributed by atoms with Gasteiger partial charge in [0.2, 0.25) is 5.89 Å². The molecule has 1 aromatic heterocycles. The minimum Gasteiger partial charge on any atom is -0.480 e. The summed E-state index contributed by atoms with van der Waals surface area (Å²) in [6.45, 7) is 3.03. The van der Waals surface area contributed by atoms with Crippen molar-refractivity contribution in [2.45, 2.75) is 26.3 Å². The molecule has 0 aliphatic rings. The molecule has 0 aliphatic heterocycles. The predicted octanol–water partition coefficient (Wildman–Crippen LogP) is 1.96. The second-order valence-electron chi connectivity index (χ2n) is 4.87. The van der Waals surface area contributed by atoms with Crippen molar-refractivity contribution < 1.29 is 14.4 Å². The highest BCUT2D eigenvalue weighted by atomic mass is 16.5. The first kappa shape index (κ1) is 15.2. The van der Waals surface area contributed by atoms with E-state index in [1.807, 2.05) is 37.3 Å². The fourth-order valence-corrected chi connectivity index (χ4v) is 2.12. The van der Waals surface area contributed by atoms with E-state index in [4.69, 9.17) is 9.63 Å². The fourth-order valence-electron chi connectivity index (χ4n) is 2.12. The van der Waals surface area contributed by atoms with Crippen molar-refractivity contribution in [2.75, 3.05) is 13.1 Å². The van der Waals surface area contributed by atoms with Crippen LogP contribution in [0.5, 0.6) is 0 Å². The van der Waals surface area contributed by atoms with E-state index in [0.29, 0.717) is 31.2 Å². The van der Waals surface area contributed by atoms with Crippen LogP contribution in [0.15, 0.2) is 34.9 Å². The summed E-state index contributed by atoms with van der Waals surface area (Å²) in [5.74, 6) is 0.214. The second-order valence-corrected chi connectivity index (χ2v) is 4.87. The maximum absolute atomic E-state index is 10.8. The Hall–Kier alpha value is -2.21. The Labute approximate surface area is 123 Å². The fraction of sp³-hybridized carbons (Fsp3) is 0.400. The van der Waals surface area contributed by atoms with Crippen molar-refractivity contribution in [1.29, 1.82) is 0 Å². The standard InChI is InChI=1S/C15H19N3O3/c1-2-8-18(11-15(19)20)10-14-16-13(17-21-14)9-12-6-4-3-5-7-12/h3-7H,2,8-11H2,1H3,(H,19,20). The number of carboxylic acid groups (broad SMARTS) is 1. The third-order valence-electron chi connectivity index (χ3n) is 2.97. The van der Waals surface area contributed by atoms with Gasteiger partial charge in [0, 0.05) is 6.42 Å². The number of aliphatic carboxylic acids is 1. The van der Waals surface area contributed by atoms with Gasteiger partial charge in [-0.15, -0.1) is 0 Å². The average molecular weight is 289 g/mol. The van der Waals surface area contributed by atoms with Crippen molar-refractivity contribution in [2.24, 2.45) is 0 Å². The van der Waals surface area contributed by atoms with Gasteiger partial charge in [0.05, 0.1) is 13.1 Å². The first-order valence-corrected chi connectivity index (χ1v) is 6.97. The van der Waals surface area contributed by atoms with Crippen LogP contribution in [0.25, 0.3) is 0 Å². The summed E-state index contributed by atoms with van der Waals surface area (Å²) in [7, 11) is 0. The van der Waals surface area contributed by atoms with Crippen LogP contribution in [0.3, 0.4) is 0 Å². The summed E-state index contributed by atoms with van der Waals surface area (Å²) in [6, 6.07) is 9.89. The molecule has 0 bridgehead atoms. The molecule has 6 heteroatoms. The Morgan fingerprint density at radius 1 is 1.33 bits per heavy atom. The van der Waals surface area contributed by atoms with Crippen molar-refractivity contribution in [3.8, 4) is 0 Å². The third kappa shape index (κ3) is 5.00. The average Bonchev–Trinajstić information content (AvgIpc) is 2.86. The molecule has 0 radical (unpaired) electrons. The zero-order chi connectivity index (χ0) is 15.1. The van der Waals surface area contributed by atoms with Gasteiger partial charge >= 0.3 is 5.97 Å². The van der Waals surface area contributed by atoms with Crippen LogP contribution in [0, 0.1) is 0 Å². The molecule has 1 N–H and O–H groups in total. The SMILES string of the molecule is CCCN(CC(=O)O)Cc1nc(Cc2ccccc2)no1. The molecular formula is C15H19N3O3. The number of benzene rings is 1. The molecule has 0 fully saturated rings. The highest BCUT2D eigenvalue weighted by Gasteiger charge is 2.14. The molecule has 2 rings (SSSR count). The molecule has 21 heavy (non-hydrogen) atoms. The largest absolute Gasteiger partial charge is 0.480 e. The van der Waals surface area contributed by atoms with E-state index in [2.05, 4.69) is 10.1 Å². The second kappa shape index (κ2) is 7.54. The normalized spacial score (nSPS) is 11.0. The maximum Gasteiger partial charge on any atom is 0.317 e. The monoisotopic (exact) mass is 289 g/mol. The van der Waals surface area contributed by atoms with Crippen LogP contribution < -0.4 is 0 Å². The van der Waals surface area contributed by atoms with Crippen LogP contribution in [0.2, 0.25) is 0 Å². The lowest BCUT2D eigenvalue weighted by Gasteiger charge is -2.16. The number of rotatable bonds is 8. The Morgan fingerprint density at radius 2 is 2.10 bits per heavy atom. The molecule has 0 aliphatic carbocycles. The molecule has 1 aromatic carbocycles. The van der Waals surface area contributed by atoms with Gasteiger partial charge in [0.15, 0.2) is 5.82 Å². The highest BCUT2D eigenvalue weighted by molar-refractivity contribution is 5.69. The minimum atomic E-state index is -0.854. The lowest BCUT2D eigenvalue weighted by molar-refractivity contribution is -0.138. The molecule has 112 valence electrons. The first-order valence-electron chi connectivity index (χ1n) is 6.97. The summed E-state index contributed by atoms with van der Waals surface area (Å²) < 4.78 is 5.20. The van der Waals surface area contributed by atoms with E-state index in [9.17, 15) is 4.79 Å². The van der Waals surface area contributed by atoms with Gasteiger partial charge in [-0.1, -0.05) is 42.4 Å². The van der Waals surface area contributed by atoms with Gasteiger partial charge in [0.1, 0.15) is 0 Å². The zero-order valence-electron chi connectivity index (χ0n) is 12.0. The number of hydrogen-bond acceptors (Lipinski definition) is 5. The lowest BCUT2D eigenvalue weighted by atomic mass is 10.1. The van der Waals surface area contributed by atoms with Crippen molar-refractivity contribution in [3.05, 3.63) is 47.6 Å². The molecule has 0 saturated carbocycles. The number of carbonyl (C=O) groups is 1. The molecule has 6 nitrogen and oxygen atoms in total. The smallest absolute Gasteiger partial charge is 0.317 e. The minimum absolute atomic E-state index is 0.0236. The summed E-state index contributed by atoms with van der Waals surface area (Å²) in [6.07, 6.45) is 1.48. The number of carboxylic acids is 1. The van der Waals surface area contributed by atoms with Crippen LogP contribution in [0.4, 0.5) is 0 Å². The van der Waals surface area contributed by atoms with Gasteiger partial charge in [-0.05, 0) is 18.5 Å². The lowest BCUT2D eigenvalue weighted by Crippen LogP contribution is -2.30. The molecule has 2 aromatic rings. The number of aromatic nitrogens is 2. The van der Waals surface area contributed by atoms with Crippen LogP contribution in [-0.2, 0) is 17.8 Å². The first-order chi connectivity index (χ1) is 10.2. The molecule has 1 heterocycles. The number of nitrogens with zero attached hydrogens (tertiary/aromatic N) is 3. The molecule has 0 saturated heterocycles. The van der Waals surface area contributed by atoms with E-state index in [1.165, 1.54) is 0 Å². The van der Waals surface area contributed by atoms with E-state index >= 15 is 0 Å². The molecule has 0 spiro atoms. The van der Waals surface area contributed by atoms with Gasteiger partial charge in [-0.25, -0.2) is 0 Å². The Bertz CT molecular complexity index is 569. The Morgan fingerprint density at radius 3 is 2.76 bits per heavy atom. The van der Waals surface area contributed by atoms with Crippen LogP contribution >= 0.6 is 0 Å². The van der Waals surface area contributed by atoms with E-state index in [1.54, 1.807) is 4.90 Å². The maximum atomic E-state index is 10.8. The van der Waals surface area contributed by atoms with Crippen LogP contribution in [0.1, 0.15) is 30.6 Å². The Kier molecular flexibility index (Phi) is 5.45. The quantitative estimate of drug-likeness (QED) is 0.800. The summed E-state index contributed by atoms with van der Waals surface area (Å²) in [5, 5.41) is 12.8. The van der Waals surface area contributed by atoms with E-state index in [-0.39, 0.29) is 6.54 Å². The summed E-state index contributed by atoms with van der Waals surface area (Å²) >= 11 is 0. The molecule has 0 amide bonds. The van der Waals surface area contributed by atoms with Gasteiger partial charge < -0.3 is 9.63 Å². The predicted molar refractivity (Wildman–Crippen MR) is 76.7 cm³/mol. The molecule has 0 atom stereocenters. The van der Waals surface area contributed by atoms with Gasteiger partial charge in [-0.3, -0.25) is 9.69 Å². The molecule has 0 unspecified atom stereocenters. The zero-order valence-corrected chi connectivity index (χ0v) is 12.0. The van der Waals surface area contributed by atoms with E-state index in [0.717, 1.165) is 12.0 Å². The van der Waals surface area contributed by atoms with Crippen molar-refractivity contribution in [3.63, 3.8) is 0 Å². The van der Waals surface area contributed by atoms with Gasteiger partial charge in [0.25, 0.3) is 0 Å². The highest BCUT2D eigenvalue weighted by Crippen LogP contribution is 2.08. The summed E-state index contributed by atoms with van der Waals surface area (Å²) in [5.41, 5.74) is 1.11. The topological polar surface area (TPSA) is 79.5 Å². The van der Waals surface area contributed by atoms with Crippen LogP contribution in [-0.4, -0.2) is 39.2 Å². The summed E-state index contributed by atoms with van der Waals surface area (Å²) in [4.78, 5) is 16.9. The molecular weight excluding hydrogens is 270 g/mol. The van der Waals surface area contributed by atoms with Crippen molar-refractivity contribution >= 4 is 5.97 Å². The van der Waals surface area contributed by atoms with Gasteiger partial charge in [-0.2, -0.15) is 4.98 Å².